The standard InChI is InChI=1S/C15H28O4SSi.CH4/c1-15(2,3)21(5,6)19-12-9-11(16)10-13(12)20-8-7-14(17)18-4;/h12-13H,7-10H2,1-6H3;1H4/t12-,13-;/m0./s1. The highest BCUT2D eigenvalue weighted by molar-refractivity contribution is 8.00. The van der Waals surface area contributed by atoms with Gasteiger partial charge in [0.05, 0.1) is 19.6 Å². The smallest absolute Gasteiger partial charge is 0.306 e. The quantitative estimate of drug-likeness (QED) is 0.535. The molecule has 0 radical (unpaired) electrons. The van der Waals surface area contributed by atoms with E-state index in [0.29, 0.717) is 25.0 Å². The van der Waals surface area contributed by atoms with E-state index in [9.17, 15) is 9.59 Å². The first kappa shape index (κ1) is 21.7. The lowest BCUT2D eigenvalue weighted by Gasteiger charge is -2.39. The lowest BCUT2D eigenvalue weighted by molar-refractivity contribution is -0.140. The van der Waals surface area contributed by atoms with Crippen molar-refractivity contribution >= 4 is 31.8 Å². The van der Waals surface area contributed by atoms with Crippen LogP contribution in [-0.4, -0.2) is 44.3 Å². The number of hydrogen-bond donors (Lipinski definition) is 0. The molecule has 0 heterocycles. The van der Waals surface area contributed by atoms with Gasteiger partial charge in [-0.1, -0.05) is 28.2 Å². The lowest BCUT2D eigenvalue weighted by Crippen LogP contribution is -2.45. The fourth-order valence-corrected chi connectivity index (χ4v) is 4.74. The lowest BCUT2D eigenvalue weighted by atomic mass is 10.2. The van der Waals surface area contributed by atoms with Gasteiger partial charge in [-0.15, -0.1) is 0 Å². The van der Waals surface area contributed by atoms with Gasteiger partial charge in [-0.05, 0) is 18.1 Å². The molecular formula is C16H32O4SSi. The number of carbonyl (C=O) groups excluding carboxylic acids is 2. The number of hydrogen-bond acceptors (Lipinski definition) is 5. The van der Waals surface area contributed by atoms with Crippen LogP contribution < -0.4 is 0 Å². The Morgan fingerprint density at radius 2 is 1.91 bits per heavy atom. The largest absolute Gasteiger partial charge is 0.469 e. The van der Waals surface area contributed by atoms with Gasteiger partial charge >= 0.3 is 5.97 Å². The molecule has 0 aromatic rings. The van der Waals surface area contributed by atoms with E-state index in [4.69, 9.17) is 4.43 Å². The Morgan fingerprint density at radius 1 is 1.32 bits per heavy atom. The van der Waals surface area contributed by atoms with Crippen molar-refractivity contribution in [1.82, 2.24) is 0 Å². The number of ether oxygens (including phenoxy) is 1. The molecule has 130 valence electrons. The number of ketones is 1. The average Bonchev–Trinajstić information content (AvgIpc) is 2.67. The molecule has 0 saturated heterocycles. The number of rotatable bonds is 6. The maximum atomic E-state index is 11.8. The third-order valence-electron chi connectivity index (χ3n) is 4.39. The third kappa shape index (κ3) is 6.05. The van der Waals surface area contributed by atoms with Gasteiger partial charge < -0.3 is 9.16 Å². The van der Waals surface area contributed by atoms with Gasteiger partial charge in [-0.3, -0.25) is 9.59 Å². The van der Waals surface area contributed by atoms with Crippen molar-refractivity contribution in [2.24, 2.45) is 0 Å². The topological polar surface area (TPSA) is 52.6 Å². The van der Waals surface area contributed by atoms with Crippen molar-refractivity contribution in [2.45, 2.75) is 76.9 Å². The maximum absolute atomic E-state index is 11.8. The zero-order valence-corrected chi connectivity index (χ0v) is 15.8. The minimum atomic E-state index is -1.87. The Bertz CT molecular complexity index is 390. The molecule has 4 nitrogen and oxygen atoms in total. The van der Waals surface area contributed by atoms with Crippen LogP contribution in [0.3, 0.4) is 0 Å². The van der Waals surface area contributed by atoms with Gasteiger partial charge in [0.1, 0.15) is 5.78 Å². The first-order chi connectivity index (χ1) is 9.56. The molecule has 1 rings (SSSR count). The molecule has 0 bridgehead atoms. The van der Waals surface area contributed by atoms with Crippen LogP contribution in [0, 0.1) is 0 Å². The number of methoxy groups -OCH3 is 1. The van der Waals surface area contributed by atoms with E-state index in [1.165, 1.54) is 7.11 Å². The molecule has 0 spiro atoms. The van der Waals surface area contributed by atoms with Gasteiger partial charge in [-0.2, -0.15) is 11.8 Å². The van der Waals surface area contributed by atoms with Crippen LogP contribution in [0.15, 0.2) is 0 Å². The molecule has 2 atom stereocenters. The van der Waals surface area contributed by atoms with E-state index < -0.39 is 8.32 Å². The zero-order chi connectivity index (χ0) is 16.3. The van der Waals surface area contributed by atoms with Gasteiger partial charge in [-0.25, -0.2) is 0 Å². The summed E-state index contributed by atoms with van der Waals surface area (Å²) in [4.78, 5) is 22.9. The second kappa shape index (κ2) is 8.50. The summed E-state index contributed by atoms with van der Waals surface area (Å²) in [6.07, 6.45) is 1.47. The number of Topliss-reactive ketones (excluding diaryl/α,β-unsaturated/α-hetero) is 1. The van der Waals surface area contributed by atoms with Crippen molar-refractivity contribution in [2.75, 3.05) is 12.9 Å². The minimum Gasteiger partial charge on any atom is -0.469 e. The van der Waals surface area contributed by atoms with Crippen molar-refractivity contribution in [1.29, 1.82) is 0 Å². The van der Waals surface area contributed by atoms with E-state index in [-0.39, 0.29) is 35.6 Å². The van der Waals surface area contributed by atoms with Crippen molar-refractivity contribution in [3.8, 4) is 0 Å². The van der Waals surface area contributed by atoms with Crippen LogP contribution in [0.4, 0.5) is 0 Å². The molecule has 22 heavy (non-hydrogen) atoms. The SMILES string of the molecule is C.COC(=O)CCS[C@H]1CC(=O)C[C@@H]1O[Si](C)(C)C(C)(C)C. The fraction of sp³-hybridized carbons (Fsp3) is 0.875. The second-order valence-electron chi connectivity index (χ2n) is 7.10. The van der Waals surface area contributed by atoms with Crippen LogP contribution in [0.25, 0.3) is 0 Å². The van der Waals surface area contributed by atoms with Crippen molar-refractivity contribution in [3.05, 3.63) is 0 Å². The highest BCUT2D eigenvalue weighted by atomic mass is 32.2. The van der Waals surface area contributed by atoms with E-state index in [1.54, 1.807) is 11.8 Å². The fourth-order valence-electron chi connectivity index (χ4n) is 2.03. The normalized spacial score (nSPS) is 22.4. The van der Waals surface area contributed by atoms with Crippen LogP contribution in [0.1, 0.15) is 47.5 Å². The molecule has 1 aliphatic rings. The maximum Gasteiger partial charge on any atom is 0.306 e. The van der Waals surface area contributed by atoms with Crippen LogP contribution in [0.5, 0.6) is 0 Å². The summed E-state index contributed by atoms with van der Waals surface area (Å²) < 4.78 is 11.1. The molecule has 0 amide bonds. The van der Waals surface area contributed by atoms with Crippen LogP contribution >= 0.6 is 11.8 Å². The van der Waals surface area contributed by atoms with E-state index in [0.717, 1.165) is 0 Å². The van der Waals surface area contributed by atoms with Crippen molar-refractivity contribution < 1.29 is 18.8 Å². The van der Waals surface area contributed by atoms with Gasteiger partial charge in [0.15, 0.2) is 8.32 Å². The van der Waals surface area contributed by atoms with Gasteiger partial charge in [0.25, 0.3) is 0 Å². The molecule has 1 saturated carbocycles. The number of carbonyl (C=O) groups is 2. The highest BCUT2D eigenvalue weighted by Gasteiger charge is 2.43. The Balaban J connectivity index is 0.00000441. The first-order valence-corrected chi connectivity index (χ1v) is 11.4. The zero-order valence-electron chi connectivity index (χ0n) is 14.0. The Hall–Kier alpha value is -0.333. The summed E-state index contributed by atoms with van der Waals surface area (Å²) in [6, 6.07) is 0. The third-order valence-corrected chi connectivity index (χ3v) is 10.2. The molecule has 1 fully saturated rings. The Labute approximate surface area is 140 Å². The molecule has 1 aliphatic carbocycles. The predicted molar refractivity (Wildman–Crippen MR) is 95.9 cm³/mol. The highest BCUT2D eigenvalue weighted by Crippen LogP contribution is 2.41. The summed E-state index contributed by atoms with van der Waals surface area (Å²) in [5.74, 6) is 0.755. The van der Waals surface area contributed by atoms with Crippen LogP contribution in [-0.2, 0) is 18.8 Å². The van der Waals surface area contributed by atoms with E-state index in [1.807, 2.05) is 0 Å². The monoisotopic (exact) mass is 348 g/mol. The molecule has 6 heteroatoms. The summed E-state index contributed by atoms with van der Waals surface area (Å²) in [5.41, 5.74) is 0. The average molecular weight is 349 g/mol. The van der Waals surface area contributed by atoms with E-state index >= 15 is 0 Å². The summed E-state index contributed by atoms with van der Waals surface area (Å²) >= 11 is 1.67. The summed E-state index contributed by atoms with van der Waals surface area (Å²) in [5, 5.41) is 0.316. The molecule has 0 N–H and O–H groups in total. The number of esters is 1. The van der Waals surface area contributed by atoms with E-state index in [2.05, 4.69) is 38.6 Å². The predicted octanol–water partition coefficient (Wildman–Crippen LogP) is 4.04. The summed E-state index contributed by atoms with van der Waals surface area (Å²) in [7, 11) is -0.468. The molecule has 0 aliphatic heterocycles. The van der Waals surface area contributed by atoms with Crippen LogP contribution in [0.2, 0.25) is 18.1 Å². The van der Waals surface area contributed by atoms with Crippen molar-refractivity contribution in [3.63, 3.8) is 0 Å². The Kier molecular flexibility index (Phi) is 8.37. The van der Waals surface area contributed by atoms with Gasteiger partial charge in [0, 0.05) is 23.8 Å². The molecule has 0 unspecified atom stereocenters. The molecule has 0 aromatic carbocycles. The number of thioether (sulfide) groups is 1. The summed E-state index contributed by atoms with van der Waals surface area (Å²) in [6.45, 7) is 11.0. The minimum absolute atomic E-state index is 0. The molecule has 0 aromatic heterocycles. The first-order valence-electron chi connectivity index (χ1n) is 7.45. The molecular weight excluding hydrogens is 316 g/mol. The second-order valence-corrected chi connectivity index (χ2v) is 13.2. The van der Waals surface area contributed by atoms with Gasteiger partial charge in [0.2, 0.25) is 0 Å². The Morgan fingerprint density at radius 3 is 2.41 bits per heavy atom.